The molecule has 26 heavy (non-hydrogen) atoms. The molecule has 0 aromatic heterocycles. The average molecular weight is 361 g/mol. The molecule has 0 saturated carbocycles. The van der Waals surface area contributed by atoms with Crippen molar-refractivity contribution in [1.29, 1.82) is 0 Å². The lowest BCUT2D eigenvalue weighted by Gasteiger charge is -2.35. The first kappa shape index (κ1) is 18.8. The van der Waals surface area contributed by atoms with Gasteiger partial charge in [-0.1, -0.05) is 12.1 Å². The molecule has 0 aliphatic carbocycles. The maximum atomic E-state index is 13.0. The van der Waals surface area contributed by atoms with Gasteiger partial charge in [0.1, 0.15) is 5.82 Å². The highest BCUT2D eigenvalue weighted by molar-refractivity contribution is 5.82. The Morgan fingerprint density at radius 3 is 2.62 bits per heavy atom. The number of carbonyl (C=O) groups excluding carboxylic acids is 2. The predicted molar refractivity (Wildman–Crippen MR) is 97.7 cm³/mol. The predicted octanol–water partition coefficient (Wildman–Crippen LogP) is 1.80. The Kier molecular flexibility index (Phi) is 5.91. The number of nitrogens with zero attached hydrogens (tertiary/aromatic N) is 2. The molecule has 2 fully saturated rings. The second kappa shape index (κ2) is 8.16. The van der Waals surface area contributed by atoms with Crippen LogP contribution in [0.15, 0.2) is 24.3 Å². The molecule has 0 spiro atoms. The minimum absolute atomic E-state index is 0.00316. The maximum absolute atomic E-state index is 13.0. The van der Waals surface area contributed by atoms with Crippen LogP contribution >= 0.6 is 0 Å². The third kappa shape index (κ3) is 4.23. The van der Waals surface area contributed by atoms with Crippen molar-refractivity contribution in [1.82, 2.24) is 9.80 Å². The van der Waals surface area contributed by atoms with Gasteiger partial charge >= 0.3 is 0 Å². The van der Waals surface area contributed by atoms with E-state index < -0.39 is 0 Å². The van der Waals surface area contributed by atoms with Crippen molar-refractivity contribution in [3.8, 4) is 0 Å². The van der Waals surface area contributed by atoms with Crippen LogP contribution in [0.1, 0.15) is 31.7 Å². The molecule has 2 aliphatic rings. The molecule has 0 radical (unpaired) electrons. The summed E-state index contributed by atoms with van der Waals surface area (Å²) in [5, 5.41) is 0. The van der Waals surface area contributed by atoms with Crippen LogP contribution in [0.4, 0.5) is 4.39 Å². The zero-order chi connectivity index (χ0) is 18.7. The van der Waals surface area contributed by atoms with E-state index >= 15 is 0 Å². The maximum Gasteiger partial charge on any atom is 0.227 e. The van der Waals surface area contributed by atoms with Gasteiger partial charge in [0.2, 0.25) is 11.8 Å². The first-order valence-electron chi connectivity index (χ1n) is 9.50. The van der Waals surface area contributed by atoms with Crippen LogP contribution < -0.4 is 5.73 Å². The minimum Gasteiger partial charge on any atom is -0.342 e. The molecule has 2 aliphatic heterocycles. The molecule has 2 amide bonds. The number of benzene rings is 1. The number of carbonyl (C=O) groups is 2. The molecule has 3 rings (SSSR count). The van der Waals surface area contributed by atoms with E-state index in [0.29, 0.717) is 25.6 Å². The van der Waals surface area contributed by atoms with E-state index in [1.807, 2.05) is 4.90 Å². The second-order valence-corrected chi connectivity index (χ2v) is 7.66. The van der Waals surface area contributed by atoms with E-state index in [2.05, 4.69) is 6.92 Å². The summed E-state index contributed by atoms with van der Waals surface area (Å²) in [5.41, 5.74) is 6.56. The SMILES string of the molecule is CC1CC(CN)CN1C(=O)C1CCCN(C(=O)Cc2ccc(F)cc2)C1. The molecule has 5 nitrogen and oxygen atoms in total. The van der Waals surface area contributed by atoms with E-state index in [4.69, 9.17) is 5.73 Å². The minimum atomic E-state index is -0.305. The Morgan fingerprint density at radius 1 is 1.23 bits per heavy atom. The molecule has 2 saturated heterocycles. The van der Waals surface area contributed by atoms with E-state index in [1.165, 1.54) is 12.1 Å². The summed E-state index contributed by atoms with van der Waals surface area (Å²) in [7, 11) is 0. The molecular formula is C20H28FN3O2. The second-order valence-electron chi connectivity index (χ2n) is 7.66. The lowest BCUT2D eigenvalue weighted by atomic mass is 9.95. The Morgan fingerprint density at radius 2 is 1.96 bits per heavy atom. The standard InChI is InChI=1S/C20H28FN3O2/c1-14-9-16(11-22)12-24(14)20(26)17-3-2-8-23(13-17)19(25)10-15-4-6-18(21)7-5-15/h4-7,14,16-17H,2-3,8-13,22H2,1H3. The van der Waals surface area contributed by atoms with Gasteiger partial charge in [0.15, 0.2) is 0 Å². The van der Waals surface area contributed by atoms with Crippen molar-refractivity contribution in [3.05, 3.63) is 35.6 Å². The average Bonchev–Trinajstić information content (AvgIpc) is 3.04. The van der Waals surface area contributed by atoms with Gasteiger partial charge in [0.25, 0.3) is 0 Å². The Bertz CT molecular complexity index is 649. The summed E-state index contributed by atoms with van der Waals surface area (Å²) in [6, 6.07) is 6.24. The van der Waals surface area contributed by atoms with Crippen LogP contribution in [-0.4, -0.2) is 53.8 Å². The molecular weight excluding hydrogens is 333 g/mol. The fourth-order valence-electron chi connectivity index (χ4n) is 4.15. The number of likely N-dealkylation sites (tertiary alicyclic amines) is 2. The number of piperidine rings is 1. The van der Waals surface area contributed by atoms with Crippen molar-refractivity contribution < 1.29 is 14.0 Å². The summed E-state index contributed by atoms with van der Waals surface area (Å²) in [5.74, 6) is 0.116. The third-order valence-electron chi connectivity index (χ3n) is 5.67. The summed E-state index contributed by atoms with van der Waals surface area (Å²) in [6.45, 7) is 4.59. The summed E-state index contributed by atoms with van der Waals surface area (Å²) in [6.07, 6.45) is 2.88. The smallest absolute Gasteiger partial charge is 0.227 e. The topological polar surface area (TPSA) is 66.6 Å². The molecule has 3 atom stereocenters. The quantitative estimate of drug-likeness (QED) is 0.889. The fourth-order valence-corrected chi connectivity index (χ4v) is 4.15. The fraction of sp³-hybridized carbons (Fsp3) is 0.600. The van der Waals surface area contributed by atoms with Gasteiger partial charge in [-0.25, -0.2) is 4.39 Å². The van der Waals surface area contributed by atoms with Crippen LogP contribution in [-0.2, 0) is 16.0 Å². The monoisotopic (exact) mass is 361 g/mol. The highest BCUT2D eigenvalue weighted by Crippen LogP contribution is 2.27. The number of amides is 2. The molecule has 6 heteroatoms. The van der Waals surface area contributed by atoms with E-state index in [0.717, 1.165) is 31.4 Å². The number of hydrogen-bond acceptors (Lipinski definition) is 3. The Balaban J connectivity index is 1.59. The van der Waals surface area contributed by atoms with Crippen LogP contribution in [0.2, 0.25) is 0 Å². The van der Waals surface area contributed by atoms with Crippen molar-refractivity contribution in [3.63, 3.8) is 0 Å². The van der Waals surface area contributed by atoms with Crippen LogP contribution in [0, 0.1) is 17.7 Å². The van der Waals surface area contributed by atoms with Gasteiger partial charge in [-0.2, -0.15) is 0 Å². The zero-order valence-corrected chi connectivity index (χ0v) is 15.4. The number of hydrogen-bond donors (Lipinski definition) is 1. The Labute approximate surface area is 154 Å². The molecule has 142 valence electrons. The summed E-state index contributed by atoms with van der Waals surface area (Å²) >= 11 is 0. The van der Waals surface area contributed by atoms with Crippen LogP contribution in [0.25, 0.3) is 0 Å². The number of halogens is 1. The van der Waals surface area contributed by atoms with Crippen molar-refractivity contribution in [2.45, 2.75) is 38.6 Å². The lowest BCUT2D eigenvalue weighted by molar-refractivity contribution is -0.141. The van der Waals surface area contributed by atoms with Gasteiger partial charge in [-0.3, -0.25) is 9.59 Å². The largest absolute Gasteiger partial charge is 0.342 e. The Hall–Kier alpha value is -1.95. The van der Waals surface area contributed by atoms with Crippen LogP contribution in [0.5, 0.6) is 0 Å². The molecule has 2 N–H and O–H groups in total. The molecule has 1 aromatic carbocycles. The number of rotatable bonds is 4. The van der Waals surface area contributed by atoms with Gasteiger partial charge in [0.05, 0.1) is 12.3 Å². The van der Waals surface area contributed by atoms with E-state index in [1.54, 1.807) is 17.0 Å². The zero-order valence-electron chi connectivity index (χ0n) is 15.4. The molecule has 3 unspecified atom stereocenters. The van der Waals surface area contributed by atoms with Gasteiger partial charge in [0, 0.05) is 25.7 Å². The van der Waals surface area contributed by atoms with E-state index in [-0.39, 0.29) is 36.0 Å². The van der Waals surface area contributed by atoms with Crippen molar-refractivity contribution >= 4 is 11.8 Å². The van der Waals surface area contributed by atoms with Gasteiger partial charge in [-0.15, -0.1) is 0 Å². The summed E-state index contributed by atoms with van der Waals surface area (Å²) in [4.78, 5) is 29.3. The third-order valence-corrected chi connectivity index (χ3v) is 5.67. The van der Waals surface area contributed by atoms with Crippen LogP contribution in [0.3, 0.4) is 0 Å². The summed E-state index contributed by atoms with van der Waals surface area (Å²) < 4.78 is 13.0. The lowest BCUT2D eigenvalue weighted by Crippen LogP contribution is -2.48. The van der Waals surface area contributed by atoms with E-state index in [9.17, 15) is 14.0 Å². The van der Waals surface area contributed by atoms with Crippen molar-refractivity contribution in [2.24, 2.45) is 17.6 Å². The first-order chi connectivity index (χ1) is 12.5. The normalized spacial score (nSPS) is 26.2. The highest BCUT2D eigenvalue weighted by Gasteiger charge is 2.37. The molecule has 0 bridgehead atoms. The molecule has 2 heterocycles. The van der Waals surface area contributed by atoms with Gasteiger partial charge < -0.3 is 15.5 Å². The molecule has 1 aromatic rings. The highest BCUT2D eigenvalue weighted by atomic mass is 19.1. The number of nitrogens with two attached hydrogens (primary N) is 1. The van der Waals surface area contributed by atoms with Crippen molar-refractivity contribution in [2.75, 3.05) is 26.2 Å². The van der Waals surface area contributed by atoms with Gasteiger partial charge in [-0.05, 0) is 56.3 Å². The first-order valence-corrected chi connectivity index (χ1v) is 9.50.